The smallest absolute Gasteiger partial charge is 0.244 e. The Morgan fingerprint density at radius 2 is 1.49 bits per heavy atom. The SMILES string of the molecule is CC(C)(C)NC(=O)[C@@H](Cc1ccccc1)N(Cc1cccc(Cl)c1)C(=O)CN(c1ccc(Cl)cc1)S(C)(=O)=O. The summed E-state index contributed by atoms with van der Waals surface area (Å²) in [6.07, 6.45) is 1.26. The number of nitrogens with one attached hydrogen (secondary N) is 1. The van der Waals surface area contributed by atoms with E-state index < -0.39 is 34.1 Å². The Labute approximate surface area is 240 Å². The molecule has 10 heteroatoms. The van der Waals surface area contributed by atoms with E-state index in [1.54, 1.807) is 36.4 Å². The minimum atomic E-state index is -3.85. The van der Waals surface area contributed by atoms with Crippen LogP contribution in [-0.4, -0.2) is 49.5 Å². The molecule has 0 aromatic heterocycles. The van der Waals surface area contributed by atoms with Gasteiger partial charge in [-0.1, -0.05) is 65.7 Å². The minimum absolute atomic E-state index is 0.0483. The van der Waals surface area contributed by atoms with Gasteiger partial charge in [-0.3, -0.25) is 13.9 Å². The molecular weight excluding hydrogens is 557 g/mol. The van der Waals surface area contributed by atoms with Crippen molar-refractivity contribution in [2.75, 3.05) is 17.1 Å². The van der Waals surface area contributed by atoms with Crippen LogP contribution in [0.15, 0.2) is 78.9 Å². The molecular formula is C29H33Cl2N3O4S. The molecule has 0 saturated heterocycles. The zero-order valence-corrected chi connectivity index (χ0v) is 24.7. The fourth-order valence-electron chi connectivity index (χ4n) is 4.06. The van der Waals surface area contributed by atoms with Gasteiger partial charge in [-0.15, -0.1) is 0 Å². The van der Waals surface area contributed by atoms with Crippen molar-refractivity contribution in [3.05, 3.63) is 100 Å². The maximum absolute atomic E-state index is 14.0. The fraction of sp³-hybridized carbons (Fsp3) is 0.310. The maximum atomic E-state index is 14.0. The normalized spacial score (nSPS) is 12.5. The third kappa shape index (κ3) is 9.27. The Morgan fingerprint density at radius 3 is 2.05 bits per heavy atom. The van der Waals surface area contributed by atoms with Crippen LogP contribution in [0.4, 0.5) is 5.69 Å². The van der Waals surface area contributed by atoms with Gasteiger partial charge in [0, 0.05) is 28.5 Å². The van der Waals surface area contributed by atoms with E-state index in [0.29, 0.717) is 15.6 Å². The molecule has 0 spiro atoms. The summed E-state index contributed by atoms with van der Waals surface area (Å²) in [6, 6.07) is 21.6. The molecule has 0 radical (unpaired) electrons. The van der Waals surface area contributed by atoms with Crippen LogP contribution in [0.25, 0.3) is 0 Å². The lowest BCUT2D eigenvalue weighted by molar-refractivity contribution is -0.140. The van der Waals surface area contributed by atoms with E-state index in [-0.39, 0.29) is 24.6 Å². The molecule has 39 heavy (non-hydrogen) atoms. The zero-order valence-electron chi connectivity index (χ0n) is 22.4. The highest BCUT2D eigenvalue weighted by atomic mass is 35.5. The van der Waals surface area contributed by atoms with Gasteiger partial charge in [0.05, 0.1) is 11.9 Å². The number of carbonyl (C=O) groups is 2. The quantitative estimate of drug-likeness (QED) is 0.347. The largest absolute Gasteiger partial charge is 0.350 e. The molecule has 0 heterocycles. The average Bonchev–Trinajstić information content (AvgIpc) is 2.84. The van der Waals surface area contributed by atoms with E-state index in [2.05, 4.69) is 5.32 Å². The van der Waals surface area contributed by atoms with Gasteiger partial charge in [0.15, 0.2) is 0 Å². The zero-order chi connectivity index (χ0) is 28.8. The topological polar surface area (TPSA) is 86.8 Å². The predicted molar refractivity (Wildman–Crippen MR) is 157 cm³/mol. The van der Waals surface area contributed by atoms with Crippen molar-refractivity contribution in [2.24, 2.45) is 0 Å². The summed E-state index contributed by atoms with van der Waals surface area (Å²) in [5, 5.41) is 3.91. The van der Waals surface area contributed by atoms with E-state index >= 15 is 0 Å². The van der Waals surface area contributed by atoms with Crippen LogP contribution in [0, 0.1) is 0 Å². The van der Waals surface area contributed by atoms with E-state index in [9.17, 15) is 18.0 Å². The predicted octanol–water partition coefficient (Wildman–Crippen LogP) is 5.31. The molecule has 0 fully saturated rings. The number of hydrogen-bond donors (Lipinski definition) is 1. The summed E-state index contributed by atoms with van der Waals surface area (Å²) in [7, 11) is -3.85. The van der Waals surface area contributed by atoms with E-state index in [1.165, 1.54) is 17.0 Å². The lowest BCUT2D eigenvalue weighted by atomic mass is 10.0. The molecule has 3 aromatic carbocycles. The highest BCUT2D eigenvalue weighted by molar-refractivity contribution is 7.92. The monoisotopic (exact) mass is 589 g/mol. The fourth-order valence-corrected chi connectivity index (χ4v) is 5.25. The molecule has 2 amide bonds. The highest BCUT2D eigenvalue weighted by Crippen LogP contribution is 2.23. The summed E-state index contributed by atoms with van der Waals surface area (Å²) < 4.78 is 26.6. The lowest BCUT2D eigenvalue weighted by Crippen LogP contribution is -2.56. The molecule has 0 aliphatic heterocycles. The molecule has 1 N–H and O–H groups in total. The second-order valence-electron chi connectivity index (χ2n) is 10.3. The van der Waals surface area contributed by atoms with Gasteiger partial charge in [-0.05, 0) is 68.3 Å². The number of halogens is 2. The van der Waals surface area contributed by atoms with E-state index in [1.807, 2.05) is 51.1 Å². The van der Waals surface area contributed by atoms with Crippen LogP contribution in [0.2, 0.25) is 10.0 Å². The van der Waals surface area contributed by atoms with Crippen molar-refractivity contribution in [2.45, 2.75) is 45.3 Å². The Bertz CT molecular complexity index is 1390. The molecule has 7 nitrogen and oxygen atoms in total. The summed E-state index contributed by atoms with van der Waals surface area (Å²) >= 11 is 12.2. The van der Waals surface area contributed by atoms with E-state index in [0.717, 1.165) is 16.1 Å². The van der Waals surface area contributed by atoms with Gasteiger partial charge < -0.3 is 10.2 Å². The maximum Gasteiger partial charge on any atom is 0.244 e. The third-order valence-electron chi connectivity index (χ3n) is 5.81. The van der Waals surface area contributed by atoms with Crippen LogP contribution in [0.5, 0.6) is 0 Å². The molecule has 3 aromatic rings. The first-order valence-corrected chi connectivity index (χ1v) is 15.0. The first-order chi connectivity index (χ1) is 18.2. The molecule has 1 atom stereocenters. The lowest BCUT2D eigenvalue weighted by Gasteiger charge is -2.35. The number of sulfonamides is 1. The van der Waals surface area contributed by atoms with Crippen molar-refractivity contribution in [1.82, 2.24) is 10.2 Å². The Kier molecular flexibility index (Phi) is 10.0. The number of nitrogens with zero attached hydrogens (tertiary/aromatic N) is 2. The van der Waals surface area contributed by atoms with Gasteiger partial charge in [0.2, 0.25) is 21.8 Å². The molecule has 3 rings (SSSR count). The third-order valence-corrected chi connectivity index (χ3v) is 7.43. The highest BCUT2D eigenvalue weighted by Gasteiger charge is 2.34. The van der Waals surface area contributed by atoms with Crippen molar-refractivity contribution in [3.63, 3.8) is 0 Å². The van der Waals surface area contributed by atoms with E-state index in [4.69, 9.17) is 23.2 Å². The van der Waals surface area contributed by atoms with Gasteiger partial charge >= 0.3 is 0 Å². The minimum Gasteiger partial charge on any atom is -0.350 e. The second-order valence-corrected chi connectivity index (χ2v) is 13.1. The van der Waals surface area contributed by atoms with Crippen LogP contribution in [-0.2, 0) is 32.6 Å². The Balaban J connectivity index is 2.07. The molecule has 0 bridgehead atoms. The number of carbonyl (C=O) groups excluding carboxylic acids is 2. The number of benzene rings is 3. The van der Waals surface area contributed by atoms with Crippen molar-refractivity contribution >= 4 is 50.7 Å². The van der Waals surface area contributed by atoms with Gasteiger partial charge in [-0.2, -0.15) is 0 Å². The number of rotatable bonds is 10. The average molecular weight is 591 g/mol. The van der Waals surface area contributed by atoms with Crippen molar-refractivity contribution in [3.8, 4) is 0 Å². The number of anilines is 1. The summed E-state index contributed by atoms with van der Waals surface area (Å²) in [5.41, 5.74) is 1.29. The van der Waals surface area contributed by atoms with Gasteiger partial charge in [0.25, 0.3) is 0 Å². The number of amides is 2. The molecule has 0 aliphatic rings. The molecule has 208 valence electrons. The van der Waals surface area contributed by atoms with Crippen LogP contribution < -0.4 is 9.62 Å². The molecule has 0 unspecified atom stereocenters. The van der Waals surface area contributed by atoms with Crippen molar-refractivity contribution < 1.29 is 18.0 Å². The van der Waals surface area contributed by atoms with Gasteiger partial charge in [-0.25, -0.2) is 8.42 Å². The first-order valence-electron chi connectivity index (χ1n) is 12.4. The summed E-state index contributed by atoms with van der Waals surface area (Å²) in [4.78, 5) is 29.1. The molecule has 0 saturated carbocycles. The second kappa shape index (κ2) is 12.9. The Hall–Kier alpha value is -3.07. The summed E-state index contributed by atoms with van der Waals surface area (Å²) in [6.45, 7) is 5.13. The van der Waals surface area contributed by atoms with Gasteiger partial charge in [0.1, 0.15) is 12.6 Å². The van der Waals surface area contributed by atoms with Crippen LogP contribution in [0.3, 0.4) is 0 Å². The molecule has 0 aliphatic carbocycles. The number of hydrogen-bond acceptors (Lipinski definition) is 4. The first kappa shape index (κ1) is 30.5. The van der Waals surface area contributed by atoms with Crippen LogP contribution >= 0.6 is 23.2 Å². The van der Waals surface area contributed by atoms with Crippen LogP contribution in [0.1, 0.15) is 31.9 Å². The van der Waals surface area contributed by atoms with Crippen molar-refractivity contribution in [1.29, 1.82) is 0 Å². The standard InChI is InChI=1S/C29H33Cl2N3O4S/c1-29(2,3)32-28(36)26(18-21-9-6-5-7-10-21)33(19-22-11-8-12-24(31)17-22)27(35)20-34(39(4,37)38)25-15-13-23(30)14-16-25/h5-17,26H,18-20H2,1-4H3,(H,32,36)/t26-/m1/s1. The summed E-state index contributed by atoms with van der Waals surface area (Å²) in [5.74, 6) is -0.889. The Morgan fingerprint density at radius 1 is 0.872 bits per heavy atom.